The van der Waals surface area contributed by atoms with Crippen molar-refractivity contribution in [3.05, 3.63) is 134 Å². The second-order valence-electron chi connectivity index (χ2n) is 10.2. The molecule has 46 heavy (non-hydrogen) atoms. The summed E-state index contributed by atoms with van der Waals surface area (Å²) in [5.74, 6) is -1.30. The Morgan fingerprint density at radius 1 is 0.826 bits per heavy atom. The van der Waals surface area contributed by atoms with Crippen molar-refractivity contribution in [3.63, 3.8) is 0 Å². The van der Waals surface area contributed by atoms with E-state index in [-0.39, 0.29) is 23.7 Å². The summed E-state index contributed by atoms with van der Waals surface area (Å²) in [7, 11) is 0. The molecule has 2 atom stereocenters. The zero-order valence-electron chi connectivity index (χ0n) is 25.2. The van der Waals surface area contributed by atoms with Crippen molar-refractivity contribution in [3.8, 4) is 5.75 Å². The Labute approximate surface area is 272 Å². The minimum absolute atomic E-state index is 0.0930. The standard InChI is InChI=1S/C36H33N2O6PS/c1-3-24-43-36(42)34(38-33(41)32(35(38)46-26(2)39)37-31(40)25-44-27-16-8-4-9-17-27)45(28-18-10-5-11-19-28,29-20-12-6-13-21-29)30-22-14-7-15-23-30/h3-23,32,35H,1,24-25H2,2H3,(H,37,40)/t32-,35-/m0/s1. The lowest BCUT2D eigenvalue weighted by Gasteiger charge is -2.48. The Bertz CT molecular complexity index is 1660. The average molecular weight is 653 g/mol. The van der Waals surface area contributed by atoms with Gasteiger partial charge in [0.2, 0.25) is 0 Å². The molecule has 10 heteroatoms. The molecule has 1 fully saturated rings. The number of esters is 1. The van der Waals surface area contributed by atoms with Gasteiger partial charge in [-0.1, -0.05) is 134 Å². The average Bonchev–Trinajstić information content (AvgIpc) is 3.09. The zero-order chi connectivity index (χ0) is 32.5. The minimum atomic E-state index is -3.16. The Hall–Kier alpha value is -4.85. The van der Waals surface area contributed by atoms with Gasteiger partial charge in [0.05, 0.1) is 0 Å². The number of para-hydroxylation sites is 1. The van der Waals surface area contributed by atoms with E-state index in [1.807, 2.05) is 97.1 Å². The Kier molecular flexibility index (Phi) is 10.6. The maximum Gasteiger partial charge on any atom is 0.356 e. The van der Waals surface area contributed by atoms with Crippen LogP contribution in [0, 0.1) is 0 Å². The van der Waals surface area contributed by atoms with Crippen molar-refractivity contribution in [2.75, 3.05) is 13.2 Å². The van der Waals surface area contributed by atoms with Gasteiger partial charge in [0.25, 0.3) is 11.8 Å². The lowest BCUT2D eigenvalue weighted by molar-refractivity contribution is -0.146. The van der Waals surface area contributed by atoms with E-state index in [1.54, 1.807) is 24.3 Å². The van der Waals surface area contributed by atoms with Gasteiger partial charge in [0, 0.05) is 13.8 Å². The third-order valence-corrected chi connectivity index (χ3v) is 12.6. The fraction of sp³-hybridized carbons (Fsp3) is 0.139. The highest BCUT2D eigenvalue weighted by Crippen LogP contribution is 2.49. The van der Waals surface area contributed by atoms with Crippen LogP contribution in [0.5, 0.6) is 5.75 Å². The first-order valence-electron chi connectivity index (χ1n) is 14.6. The predicted octanol–water partition coefficient (Wildman–Crippen LogP) is 3.85. The molecule has 1 N–H and O–H groups in total. The minimum Gasteiger partial charge on any atom is -0.484 e. The SMILES string of the molecule is C=CCOC(=O)C(N1C(=O)[C@H](NC(=O)COc2ccccc2)[C@@H]1SC(C)=O)=P(c1ccccc1)(c1ccccc1)c1ccccc1. The molecule has 1 saturated heterocycles. The molecule has 0 aliphatic carbocycles. The number of likely N-dealkylation sites (tertiary alicyclic amines) is 1. The summed E-state index contributed by atoms with van der Waals surface area (Å²) in [6.07, 6.45) is 1.46. The van der Waals surface area contributed by atoms with Crippen LogP contribution >= 0.6 is 18.6 Å². The van der Waals surface area contributed by atoms with Crippen molar-refractivity contribution < 1.29 is 28.7 Å². The molecule has 8 nitrogen and oxygen atoms in total. The van der Waals surface area contributed by atoms with Crippen LogP contribution in [0.1, 0.15) is 6.92 Å². The highest BCUT2D eigenvalue weighted by atomic mass is 32.2. The number of β-lactam (4-membered cyclic amide) rings is 1. The number of nitrogens with zero attached hydrogens (tertiary/aromatic N) is 1. The number of rotatable bonds is 12. The van der Waals surface area contributed by atoms with Gasteiger partial charge in [-0.25, -0.2) is 4.79 Å². The van der Waals surface area contributed by atoms with Crippen LogP contribution in [0.3, 0.4) is 0 Å². The van der Waals surface area contributed by atoms with Crippen LogP contribution in [-0.2, 0) is 23.9 Å². The number of ether oxygens (including phenoxy) is 2. The number of benzene rings is 4. The number of thioether (sulfide) groups is 1. The molecule has 0 bridgehead atoms. The molecule has 0 unspecified atom stereocenters. The van der Waals surface area contributed by atoms with Crippen molar-refractivity contribution in [2.45, 2.75) is 18.3 Å². The Morgan fingerprint density at radius 3 is 1.76 bits per heavy atom. The molecular weight excluding hydrogens is 619 g/mol. The molecule has 1 heterocycles. The van der Waals surface area contributed by atoms with E-state index in [2.05, 4.69) is 11.9 Å². The summed E-state index contributed by atoms with van der Waals surface area (Å²) >= 11 is 0.869. The summed E-state index contributed by atoms with van der Waals surface area (Å²) in [4.78, 5) is 55.6. The first-order chi connectivity index (χ1) is 22.4. The number of carbonyl (C=O) groups is 4. The van der Waals surface area contributed by atoms with Gasteiger partial charge < -0.3 is 14.8 Å². The van der Waals surface area contributed by atoms with Crippen molar-refractivity contribution in [2.24, 2.45) is 0 Å². The summed E-state index contributed by atoms with van der Waals surface area (Å²) in [6.45, 7) is 1.49. The summed E-state index contributed by atoms with van der Waals surface area (Å²) < 4.78 is 11.3. The van der Waals surface area contributed by atoms with E-state index in [4.69, 9.17) is 9.47 Å². The largest absolute Gasteiger partial charge is 0.484 e. The highest BCUT2D eigenvalue weighted by molar-refractivity contribution is 8.14. The van der Waals surface area contributed by atoms with Crippen LogP contribution in [0.2, 0.25) is 0 Å². The molecule has 0 radical (unpaired) electrons. The summed E-state index contributed by atoms with van der Waals surface area (Å²) in [6, 6.07) is 36.3. The fourth-order valence-electron chi connectivity index (χ4n) is 5.36. The second kappa shape index (κ2) is 15.0. The maximum absolute atomic E-state index is 14.4. The lowest BCUT2D eigenvalue weighted by Crippen LogP contribution is -2.72. The van der Waals surface area contributed by atoms with Crippen LogP contribution < -0.4 is 26.0 Å². The van der Waals surface area contributed by atoms with E-state index in [9.17, 15) is 19.2 Å². The molecule has 4 aromatic carbocycles. The Morgan fingerprint density at radius 2 is 1.30 bits per heavy atom. The maximum atomic E-state index is 14.4. The van der Waals surface area contributed by atoms with Gasteiger partial charge in [-0.05, 0) is 28.0 Å². The molecule has 1 aliphatic heterocycles. The quantitative estimate of drug-likeness (QED) is 0.107. The highest BCUT2D eigenvalue weighted by Gasteiger charge is 2.55. The number of carbonyl (C=O) groups excluding carboxylic acids is 4. The van der Waals surface area contributed by atoms with Gasteiger partial charge in [0.15, 0.2) is 11.7 Å². The van der Waals surface area contributed by atoms with Crippen LogP contribution in [-0.4, -0.2) is 57.8 Å². The topological polar surface area (TPSA) is 102 Å². The third kappa shape index (κ3) is 6.71. The van der Waals surface area contributed by atoms with Crippen LogP contribution in [0.15, 0.2) is 134 Å². The Balaban J connectivity index is 1.71. The van der Waals surface area contributed by atoms with Gasteiger partial charge in [-0.3, -0.25) is 19.3 Å². The normalized spacial score (nSPS) is 15.7. The summed E-state index contributed by atoms with van der Waals surface area (Å²) in [5.41, 5.74) is 0.104. The smallest absolute Gasteiger partial charge is 0.356 e. The first kappa shape index (κ1) is 32.5. The van der Waals surface area contributed by atoms with E-state index in [0.29, 0.717) is 5.75 Å². The third-order valence-electron chi connectivity index (χ3n) is 7.25. The molecule has 2 amide bonds. The van der Waals surface area contributed by atoms with Gasteiger partial charge in [-0.2, -0.15) is 0 Å². The van der Waals surface area contributed by atoms with E-state index < -0.39 is 36.1 Å². The predicted molar refractivity (Wildman–Crippen MR) is 184 cm³/mol. The molecule has 1 aliphatic rings. The monoisotopic (exact) mass is 652 g/mol. The molecular formula is C36H33N2O6PS. The first-order valence-corrected chi connectivity index (χ1v) is 17.2. The molecule has 5 rings (SSSR count). The van der Waals surface area contributed by atoms with Crippen LogP contribution in [0.4, 0.5) is 0 Å². The van der Waals surface area contributed by atoms with Gasteiger partial charge >= 0.3 is 5.97 Å². The van der Waals surface area contributed by atoms with E-state index in [0.717, 1.165) is 27.7 Å². The lowest BCUT2D eigenvalue weighted by atomic mass is 10.1. The number of nitrogens with one attached hydrogen (secondary N) is 1. The van der Waals surface area contributed by atoms with E-state index in [1.165, 1.54) is 17.9 Å². The molecule has 0 spiro atoms. The fourth-order valence-corrected chi connectivity index (χ4v) is 10.8. The number of hydrogen-bond acceptors (Lipinski definition) is 7. The van der Waals surface area contributed by atoms with Crippen molar-refractivity contribution in [1.29, 1.82) is 0 Å². The van der Waals surface area contributed by atoms with Gasteiger partial charge in [-0.15, -0.1) is 0 Å². The number of amides is 2. The molecule has 0 aromatic heterocycles. The van der Waals surface area contributed by atoms with E-state index >= 15 is 0 Å². The molecule has 4 aromatic rings. The second-order valence-corrected chi connectivity index (χ2v) is 14.9. The van der Waals surface area contributed by atoms with Crippen molar-refractivity contribution >= 4 is 62.9 Å². The zero-order valence-corrected chi connectivity index (χ0v) is 26.9. The van der Waals surface area contributed by atoms with Crippen LogP contribution in [0.25, 0.3) is 0 Å². The summed E-state index contributed by atoms with van der Waals surface area (Å²) in [5, 5.41) is 3.94. The molecule has 0 saturated carbocycles. The molecule has 234 valence electrons. The van der Waals surface area contributed by atoms with Crippen molar-refractivity contribution in [1.82, 2.24) is 10.2 Å². The number of hydrogen-bond donors (Lipinski definition) is 1. The van der Waals surface area contributed by atoms with Gasteiger partial charge in [0.1, 0.15) is 29.2 Å².